The predicted octanol–water partition coefficient (Wildman–Crippen LogP) is 2.57. The van der Waals surface area contributed by atoms with Crippen molar-refractivity contribution in [2.45, 2.75) is 0 Å². The van der Waals surface area contributed by atoms with E-state index in [-0.39, 0.29) is 5.69 Å². The molecule has 1 N–H and O–H groups in total. The van der Waals surface area contributed by atoms with E-state index in [1.807, 2.05) is 30.3 Å². The molecule has 5 heteroatoms. The maximum Gasteiger partial charge on any atom is 0.356 e. The summed E-state index contributed by atoms with van der Waals surface area (Å²) in [5.41, 5.74) is 2.41. The van der Waals surface area contributed by atoms with Gasteiger partial charge < -0.3 is 9.51 Å². The molecule has 0 aliphatic heterocycles. The summed E-state index contributed by atoms with van der Waals surface area (Å²) in [6, 6.07) is 13.3. The van der Waals surface area contributed by atoms with Crippen LogP contribution in [-0.2, 0) is 0 Å². The van der Waals surface area contributed by atoms with Gasteiger partial charge >= 0.3 is 5.97 Å². The molecule has 0 saturated heterocycles. The van der Waals surface area contributed by atoms with Crippen LogP contribution in [-0.4, -0.2) is 20.5 Å². The topological polar surface area (TPSA) is 78.4 Å². The van der Waals surface area contributed by atoms with E-state index in [0.717, 1.165) is 11.1 Å². The van der Waals surface area contributed by atoms with Crippen molar-refractivity contribution in [2.24, 2.45) is 0 Å². The number of nitrogens with zero attached hydrogens (tertiary/aromatic N) is 3. The van der Waals surface area contributed by atoms with Crippen molar-refractivity contribution in [1.82, 2.24) is 9.38 Å². The number of carboxylic acids is 1. The van der Waals surface area contributed by atoms with Crippen LogP contribution in [0.5, 0.6) is 0 Å². The number of aromatic carboxylic acids is 1. The molecule has 20 heavy (non-hydrogen) atoms. The van der Waals surface area contributed by atoms with Crippen molar-refractivity contribution < 1.29 is 9.90 Å². The van der Waals surface area contributed by atoms with Gasteiger partial charge in [0.15, 0.2) is 11.3 Å². The van der Waals surface area contributed by atoms with E-state index in [2.05, 4.69) is 11.1 Å². The molecular formula is C15H9N3O2. The first-order valence-electron chi connectivity index (χ1n) is 5.90. The van der Waals surface area contributed by atoms with Gasteiger partial charge in [0, 0.05) is 12.4 Å². The first-order chi connectivity index (χ1) is 9.69. The third-order valence-electron chi connectivity index (χ3n) is 3.00. The lowest BCUT2D eigenvalue weighted by Gasteiger charge is -2.04. The maximum atomic E-state index is 11.0. The molecule has 0 bridgehead atoms. The number of rotatable bonds is 2. The molecule has 0 saturated carbocycles. The lowest BCUT2D eigenvalue weighted by Crippen LogP contribution is -1.95. The summed E-state index contributed by atoms with van der Waals surface area (Å²) < 4.78 is 1.57. The summed E-state index contributed by atoms with van der Waals surface area (Å²) in [4.78, 5) is 14.9. The molecule has 0 spiro atoms. The average molecular weight is 263 g/mol. The Morgan fingerprint density at radius 2 is 1.95 bits per heavy atom. The van der Waals surface area contributed by atoms with Gasteiger partial charge in [-0.25, -0.2) is 9.78 Å². The number of hydrogen-bond donors (Lipinski definition) is 1. The van der Waals surface area contributed by atoms with Crippen LogP contribution in [0.25, 0.3) is 16.8 Å². The molecule has 0 aliphatic rings. The number of nitriles is 1. The normalized spacial score (nSPS) is 10.3. The van der Waals surface area contributed by atoms with Gasteiger partial charge in [0.25, 0.3) is 0 Å². The maximum absolute atomic E-state index is 11.0. The van der Waals surface area contributed by atoms with E-state index in [1.54, 1.807) is 16.7 Å². The Balaban J connectivity index is 2.27. The lowest BCUT2D eigenvalue weighted by atomic mass is 10.1. The fourth-order valence-corrected chi connectivity index (χ4v) is 2.07. The van der Waals surface area contributed by atoms with Crippen LogP contribution in [0.15, 0.2) is 48.8 Å². The molecule has 0 aliphatic carbocycles. The fourth-order valence-electron chi connectivity index (χ4n) is 2.07. The van der Waals surface area contributed by atoms with Crippen LogP contribution in [0, 0.1) is 11.3 Å². The highest BCUT2D eigenvalue weighted by Gasteiger charge is 2.13. The van der Waals surface area contributed by atoms with E-state index < -0.39 is 5.97 Å². The van der Waals surface area contributed by atoms with Crippen molar-refractivity contribution in [2.75, 3.05) is 0 Å². The Labute approximate surface area is 114 Å². The minimum atomic E-state index is -1.11. The van der Waals surface area contributed by atoms with Gasteiger partial charge in [-0.15, -0.1) is 0 Å². The van der Waals surface area contributed by atoms with Gasteiger partial charge in [0.2, 0.25) is 0 Å². The van der Waals surface area contributed by atoms with Crippen molar-refractivity contribution >= 4 is 11.6 Å². The highest BCUT2D eigenvalue weighted by Crippen LogP contribution is 2.22. The Hall–Kier alpha value is -3.13. The summed E-state index contributed by atoms with van der Waals surface area (Å²) in [6.45, 7) is 0. The van der Waals surface area contributed by atoms with Gasteiger partial charge in [0.1, 0.15) is 6.07 Å². The van der Waals surface area contributed by atoms with Crippen molar-refractivity contribution in [3.63, 3.8) is 0 Å². The fraction of sp³-hybridized carbons (Fsp3) is 0. The molecular weight excluding hydrogens is 254 g/mol. The number of carbonyl (C=O) groups is 1. The van der Waals surface area contributed by atoms with Crippen LogP contribution in [0.1, 0.15) is 16.1 Å². The van der Waals surface area contributed by atoms with Gasteiger partial charge in [-0.05, 0) is 17.2 Å². The first-order valence-corrected chi connectivity index (χ1v) is 5.90. The second kappa shape index (κ2) is 4.52. The van der Waals surface area contributed by atoms with Crippen LogP contribution < -0.4 is 0 Å². The second-order valence-electron chi connectivity index (χ2n) is 4.28. The third-order valence-corrected chi connectivity index (χ3v) is 3.00. The molecule has 2 aromatic heterocycles. The number of benzene rings is 1. The number of carboxylic acid groups (broad SMARTS) is 1. The Kier molecular flexibility index (Phi) is 2.70. The van der Waals surface area contributed by atoms with Crippen LogP contribution in [0.3, 0.4) is 0 Å². The van der Waals surface area contributed by atoms with E-state index in [9.17, 15) is 10.1 Å². The van der Waals surface area contributed by atoms with Gasteiger partial charge in [-0.3, -0.25) is 0 Å². The van der Waals surface area contributed by atoms with Crippen LogP contribution in [0.2, 0.25) is 0 Å². The summed E-state index contributed by atoms with van der Waals surface area (Å²) in [5, 5.41) is 18.2. The second-order valence-corrected chi connectivity index (χ2v) is 4.28. The van der Waals surface area contributed by atoms with Crippen molar-refractivity contribution in [3.8, 4) is 17.2 Å². The quantitative estimate of drug-likeness (QED) is 0.770. The number of pyridine rings is 1. The van der Waals surface area contributed by atoms with Crippen molar-refractivity contribution in [3.05, 3.63) is 60.0 Å². The zero-order chi connectivity index (χ0) is 14.1. The SMILES string of the molecule is N#Cc1cc(-c2ccccc2)cn2cc(C(=O)O)nc12. The Bertz CT molecular complexity index is 845. The first kappa shape index (κ1) is 11.9. The van der Waals surface area contributed by atoms with E-state index >= 15 is 0 Å². The molecule has 96 valence electrons. The summed E-state index contributed by atoms with van der Waals surface area (Å²) in [7, 11) is 0. The Morgan fingerprint density at radius 3 is 2.60 bits per heavy atom. The molecule has 2 heterocycles. The molecule has 0 amide bonds. The zero-order valence-corrected chi connectivity index (χ0v) is 10.3. The third kappa shape index (κ3) is 1.89. The number of aromatic nitrogens is 2. The van der Waals surface area contributed by atoms with Gasteiger partial charge in [-0.2, -0.15) is 5.26 Å². The largest absolute Gasteiger partial charge is 0.476 e. The van der Waals surface area contributed by atoms with Crippen LogP contribution in [0.4, 0.5) is 0 Å². The monoisotopic (exact) mass is 263 g/mol. The lowest BCUT2D eigenvalue weighted by molar-refractivity contribution is 0.0691. The standard InChI is InChI=1S/C15H9N3O2/c16-7-11-6-12(10-4-2-1-3-5-10)8-18-9-13(15(19)20)17-14(11)18/h1-6,8-9H,(H,19,20). The summed E-state index contributed by atoms with van der Waals surface area (Å²) >= 11 is 0. The molecule has 0 fully saturated rings. The molecule has 1 aromatic carbocycles. The highest BCUT2D eigenvalue weighted by atomic mass is 16.4. The number of fused-ring (bicyclic) bond motifs is 1. The van der Waals surface area contributed by atoms with Gasteiger partial charge in [-0.1, -0.05) is 30.3 Å². The van der Waals surface area contributed by atoms with Crippen LogP contribution >= 0.6 is 0 Å². The predicted molar refractivity (Wildman–Crippen MR) is 72.3 cm³/mol. The van der Waals surface area contributed by atoms with E-state index in [0.29, 0.717) is 11.2 Å². The van der Waals surface area contributed by atoms with Gasteiger partial charge in [0.05, 0.1) is 5.56 Å². The van der Waals surface area contributed by atoms with Crippen molar-refractivity contribution in [1.29, 1.82) is 5.26 Å². The molecule has 0 atom stereocenters. The number of imidazole rings is 1. The highest BCUT2D eigenvalue weighted by molar-refractivity contribution is 5.86. The minimum absolute atomic E-state index is 0.0771. The minimum Gasteiger partial charge on any atom is -0.476 e. The average Bonchev–Trinajstić information content (AvgIpc) is 2.91. The smallest absolute Gasteiger partial charge is 0.356 e. The Morgan fingerprint density at radius 1 is 1.20 bits per heavy atom. The summed E-state index contributed by atoms with van der Waals surface area (Å²) in [6.07, 6.45) is 3.18. The number of hydrogen-bond acceptors (Lipinski definition) is 3. The molecule has 5 nitrogen and oxygen atoms in total. The zero-order valence-electron chi connectivity index (χ0n) is 10.3. The van der Waals surface area contributed by atoms with E-state index in [4.69, 9.17) is 5.11 Å². The van der Waals surface area contributed by atoms with E-state index in [1.165, 1.54) is 6.20 Å². The molecule has 3 rings (SSSR count). The molecule has 3 aromatic rings. The summed E-state index contributed by atoms with van der Waals surface area (Å²) in [5.74, 6) is -1.11. The molecule has 0 radical (unpaired) electrons. The molecule has 0 unspecified atom stereocenters.